The maximum atomic E-state index is 5.18. The van der Waals surface area contributed by atoms with Gasteiger partial charge in [0, 0.05) is 40.9 Å². The van der Waals surface area contributed by atoms with E-state index >= 15 is 0 Å². The molecule has 0 aromatic heterocycles. The van der Waals surface area contributed by atoms with Gasteiger partial charge in [-0.05, 0) is 75.4 Å². The fraction of sp³-hybridized carbons (Fsp3) is 0.895. The molecule has 0 bridgehead atoms. The second kappa shape index (κ2) is 15.2. The minimum absolute atomic E-state index is 0. The van der Waals surface area contributed by atoms with Crippen LogP contribution in [-0.4, -0.2) is 44.8 Å². The Morgan fingerprint density at radius 3 is 1.04 bits per heavy atom. The minimum atomic E-state index is -1.40. The van der Waals surface area contributed by atoms with Crippen molar-refractivity contribution < 1.29 is 34.3 Å². The molecule has 0 N–H and O–H groups in total. The zero-order valence-corrected chi connectivity index (χ0v) is 23.1. The SMILES string of the molecule is CCO[Si](OCC)OCC.[CH2-]C(C)(C)[PH+](C(C)(C)C)C(C)(C)C.[CH3-].[Pt]. The molecule has 0 heterocycles. The molecule has 25 heavy (non-hydrogen) atoms. The Morgan fingerprint density at radius 1 is 0.720 bits per heavy atom. The molecular formula is C19H45O3PPtSi-. The normalized spacial score (nSPS) is 12.2. The van der Waals surface area contributed by atoms with E-state index in [1.807, 2.05) is 20.8 Å². The summed E-state index contributed by atoms with van der Waals surface area (Å²) in [5.74, 6) is 0. The van der Waals surface area contributed by atoms with Crippen molar-refractivity contribution in [3.63, 3.8) is 0 Å². The summed E-state index contributed by atoms with van der Waals surface area (Å²) in [5, 5.41) is 1.09. The van der Waals surface area contributed by atoms with Crippen LogP contribution in [0.4, 0.5) is 0 Å². The van der Waals surface area contributed by atoms with Gasteiger partial charge in [0.2, 0.25) is 0 Å². The van der Waals surface area contributed by atoms with Gasteiger partial charge in [0.1, 0.15) is 0 Å². The Labute approximate surface area is 177 Å². The van der Waals surface area contributed by atoms with Crippen molar-refractivity contribution in [2.45, 2.75) is 91.6 Å². The second-order valence-electron chi connectivity index (χ2n) is 8.31. The van der Waals surface area contributed by atoms with Crippen LogP contribution in [0.25, 0.3) is 0 Å². The van der Waals surface area contributed by atoms with Gasteiger partial charge in [-0.3, -0.25) is 0 Å². The third-order valence-electron chi connectivity index (χ3n) is 2.96. The summed E-state index contributed by atoms with van der Waals surface area (Å²) in [4.78, 5) is 0. The molecule has 0 atom stereocenters. The van der Waals surface area contributed by atoms with Gasteiger partial charge >= 0.3 is 9.53 Å². The predicted octanol–water partition coefficient (Wildman–Crippen LogP) is 5.94. The van der Waals surface area contributed by atoms with E-state index in [0.717, 1.165) is 0 Å². The van der Waals surface area contributed by atoms with Gasteiger partial charge in [-0.15, -0.1) is 0 Å². The van der Waals surface area contributed by atoms with E-state index in [9.17, 15) is 0 Å². The van der Waals surface area contributed by atoms with Crippen LogP contribution in [0.2, 0.25) is 0 Å². The molecular weight excluding hydrogens is 530 g/mol. The van der Waals surface area contributed by atoms with Gasteiger partial charge in [0.15, 0.2) is 0 Å². The second-order valence-corrected chi connectivity index (χ2v) is 14.8. The summed E-state index contributed by atoms with van der Waals surface area (Å²) in [5.41, 5.74) is 0. The zero-order chi connectivity index (χ0) is 18.9. The van der Waals surface area contributed by atoms with Crippen LogP contribution in [0.5, 0.6) is 0 Å². The maximum Gasteiger partial charge on any atom is 0.577 e. The van der Waals surface area contributed by atoms with Crippen LogP contribution in [0.3, 0.4) is 0 Å². The quantitative estimate of drug-likeness (QED) is 0.214. The summed E-state index contributed by atoms with van der Waals surface area (Å²) in [6, 6.07) is 0. The number of rotatable bonds is 7. The Morgan fingerprint density at radius 2 is 0.960 bits per heavy atom. The molecule has 0 aromatic rings. The number of hydrogen-bond donors (Lipinski definition) is 0. The van der Waals surface area contributed by atoms with Crippen molar-refractivity contribution in [2.24, 2.45) is 0 Å². The van der Waals surface area contributed by atoms with Gasteiger partial charge in [-0.1, -0.05) is 13.8 Å². The molecule has 0 aromatic carbocycles. The minimum Gasteiger partial charge on any atom is -0.371 e. The molecule has 0 aliphatic heterocycles. The van der Waals surface area contributed by atoms with E-state index in [1.165, 1.54) is 0 Å². The monoisotopic (exact) mass is 575 g/mol. The average Bonchev–Trinajstić information content (AvgIpc) is 2.24. The molecule has 0 saturated carbocycles. The van der Waals surface area contributed by atoms with Crippen LogP contribution in [0.15, 0.2) is 0 Å². The van der Waals surface area contributed by atoms with Crippen LogP contribution in [0.1, 0.15) is 76.2 Å². The maximum absolute atomic E-state index is 5.18. The average molecular weight is 576 g/mol. The standard InChI is InChI=1S/C12H26P.C6H15O3Si.CH3.Pt/c1-10(2,3)13(11(4,5)6)12(7,8)9;1-4-7-10(8-5-2)9-6-3;;/h1H2,2-9H3;4-6H2,1-3H3;1H3;/q-1;;-1;/p+1. The van der Waals surface area contributed by atoms with Crippen molar-refractivity contribution in [3.8, 4) is 0 Å². The topological polar surface area (TPSA) is 27.7 Å². The van der Waals surface area contributed by atoms with Crippen molar-refractivity contribution >= 4 is 17.4 Å². The third kappa shape index (κ3) is 17.1. The van der Waals surface area contributed by atoms with Crippen LogP contribution in [0, 0.1) is 14.4 Å². The summed E-state index contributed by atoms with van der Waals surface area (Å²) in [6.45, 7) is 30.9. The third-order valence-corrected chi connectivity index (χ3v) is 8.89. The molecule has 159 valence electrons. The molecule has 3 nitrogen and oxygen atoms in total. The first-order valence-corrected chi connectivity index (χ1v) is 11.4. The van der Waals surface area contributed by atoms with Crippen molar-refractivity contribution in [3.05, 3.63) is 14.4 Å². The van der Waals surface area contributed by atoms with E-state index in [4.69, 9.17) is 13.3 Å². The van der Waals surface area contributed by atoms with E-state index in [1.54, 1.807) is 0 Å². The first-order chi connectivity index (χ1) is 10.2. The summed E-state index contributed by atoms with van der Waals surface area (Å²) < 4.78 is 15.5. The van der Waals surface area contributed by atoms with Crippen LogP contribution in [-0.2, 0) is 34.3 Å². The Bertz CT molecular complexity index is 249. The van der Waals surface area contributed by atoms with E-state index in [0.29, 0.717) is 30.1 Å². The molecule has 0 aliphatic rings. The van der Waals surface area contributed by atoms with Gasteiger partial charge in [-0.25, -0.2) is 0 Å². The summed E-state index contributed by atoms with van der Waals surface area (Å²) in [6.07, 6.45) is 0. The zero-order valence-electron chi connectivity index (χ0n) is 18.9. The van der Waals surface area contributed by atoms with E-state index in [2.05, 4.69) is 62.3 Å². The summed E-state index contributed by atoms with van der Waals surface area (Å²) >= 11 is 0. The largest absolute Gasteiger partial charge is 0.577 e. The molecule has 0 fully saturated rings. The smallest absolute Gasteiger partial charge is 0.371 e. The number of hydrogen-bond acceptors (Lipinski definition) is 3. The molecule has 0 saturated heterocycles. The molecule has 0 rings (SSSR count). The van der Waals surface area contributed by atoms with Crippen LogP contribution < -0.4 is 0 Å². The van der Waals surface area contributed by atoms with Crippen molar-refractivity contribution in [1.29, 1.82) is 0 Å². The molecule has 0 amide bonds. The Hall–Kier alpha value is 1.22. The fourth-order valence-electron chi connectivity index (χ4n) is 3.63. The summed E-state index contributed by atoms with van der Waals surface area (Å²) in [7, 11) is -1.90. The van der Waals surface area contributed by atoms with Gasteiger partial charge in [0.25, 0.3) is 0 Å². The first kappa shape index (κ1) is 33.8. The first-order valence-electron chi connectivity index (χ1n) is 8.70. The van der Waals surface area contributed by atoms with Gasteiger partial charge in [0.05, 0.1) is 10.3 Å². The fourth-order valence-corrected chi connectivity index (χ4v) is 10.9. The molecule has 0 unspecified atom stereocenters. The molecule has 0 aliphatic carbocycles. The van der Waals surface area contributed by atoms with Gasteiger partial charge < -0.3 is 27.6 Å². The Balaban J connectivity index is -0.000000168. The van der Waals surface area contributed by atoms with Gasteiger partial charge in [-0.2, -0.15) is 0 Å². The molecule has 6 heteroatoms. The van der Waals surface area contributed by atoms with Crippen LogP contribution >= 0.6 is 7.92 Å². The molecule has 0 spiro atoms. The Kier molecular flexibility index (Phi) is 20.5. The van der Waals surface area contributed by atoms with E-state index in [-0.39, 0.29) is 33.6 Å². The van der Waals surface area contributed by atoms with Crippen molar-refractivity contribution in [1.82, 2.24) is 0 Å². The predicted molar refractivity (Wildman–Crippen MR) is 114 cm³/mol. The van der Waals surface area contributed by atoms with Crippen molar-refractivity contribution in [2.75, 3.05) is 19.8 Å². The van der Waals surface area contributed by atoms with E-state index < -0.39 is 17.4 Å². The molecule has 1 radical (unpaired) electrons.